The largest absolute Gasteiger partial charge is 0.496 e. The van der Waals surface area contributed by atoms with Gasteiger partial charge in [-0.1, -0.05) is 12.2 Å². The molecule has 0 bridgehead atoms. The Labute approximate surface area is 83.2 Å². The van der Waals surface area contributed by atoms with Gasteiger partial charge >= 0.3 is 0 Å². The van der Waals surface area contributed by atoms with Crippen LogP contribution in [0.1, 0.15) is 12.0 Å². The summed E-state index contributed by atoms with van der Waals surface area (Å²) in [5, 5.41) is 0. The highest BCUT2D eigenvalue weighted by molar-refractivity contribution is 5.64. The Bertz CT molecular complexity index is 345. The van der Waals surface area contributed by atoms with Gasteiger partial charge in [0, 0.05) is 23.7 Å². The molecule has 0 saturated carbocycles. The summed E-state index contributed by atoms with van der Waals surface area (Å²) in [7, 11) is 1.59. The molecule has 1 rings (SSSR count). The number of hydrogen-bond donors (Lipinski definition) is 1. The highest BCUT2D eigenvalue weighted by Crippen LogP contribution is 2.22. The number of carbonyl (C=O) groups is 1. The molecule has 0 aromatic heterocycles. The molecule has 3 nitrogen and oxygen atoms in total. The number of nitrogen functional groups attached to an aromatic ring is 1. The normalized spacial score (nSPS) is 10.4. The van der Waals surface area contributed by atoms with E-state index in [2.05, 4.69) is 0 Å². The summed E-state index contributed by atoms with van der Waals surface area (Å²) < 4.78 is 5.14. The Morgan fingerprint density at radius 1 is 1.50 bits per heavy atom. The Kier molecular flexibility index (Phi) is 3.73. The van der Waals surface area contributed by atoms with Crippen LogP contribution >= 0.6 is 0 Å². The minimum Gasteiger partial charge on any atom is -0.496 e. The van der Waals surface area contributed by atoms with Crippen LogP contribution in [0.4, 0.5) is 5.69 Å². The molecule has 74 valence electrons. The van der Waals surface area contributed by atoms with E-state index in [9.17, 15) is 4.79 Å². The van der Waals surface area contributed by atoms with Crippen molar-refractivity contribution >= 4 is 18.0 Å². The van der Waals surface area contributed by atoms with Gasteiger partial charge in [0.1, 0.15) is 12.0 Å². The average Bonchev–Trinajstić information content (AvgIpc) is 2.20. The highest BCUT2D eigenvalue weighted by atomic mass is 16.5. The summed E-state index contributed by atoms with van der Waals surface area (Å²) in [5.74, 6) is 0.715. The van der Waals surface area contributed by atoms with Gasteiger partial charge in [-0.15, -0.1) is 0 Å². The first-order chi connectivity index (χ1) is 6.77. The summed E-state index contributed by atoms with van der Waals surface area (Å²) in [6.45, 7) is 0. The van der Waals surface area contributed by atoms with Crippen LogP contribution < -0.4 is 10.5 Å². The average molecular weight is 191 g/mol. The van der Waals surface area contributed by atoms with Gasteiger partial charge in [-0.05, 0) is 12.1 Å². The van der Waals surface area contributed by atoms with E-state index >= 15 is 0 Å². The molecule has 1 aromatic rings. The fourth-order valence-corrected chi connectivity index (χ4v) is 1.12. The standard InChI is InChI=1S/C11H13NO2/c1-14-11-8-10(12)6-5-9(11)4-2-3-7-13/h2,4-8H,3,12H2,1H3. The molecule has 0 unspecified atom stereocenters. The predicted molar refractivity (Wildman–Crippen MR) is 57.1 cm³/mol. The molecule has 0 spiro atoms. The molecule has 0 aliphatic heterocycles. The van der Waals surface area contributed by atoms with Crippen LogP contribution in [-0.2, 0) is 4.79 Å². The lowest BCUT2D eigenvalue weighted by molar-refractivity contribution is -0.107. The van der Waals surface area contributed by atoms with Gasteiger partial charge in [0.05, 0.1) is 7.11 Å². The summed E-state index contributed by atoms with van der Waals surface area (Å²) >= 11 is 0. The van der Waals surface area contributed by atoms with Crippen molar-refractivity contribution in [2.75, 3.05) is 12.8 Å². The van der Waals surface area contributed by atoms with Crippen molar-refractivity contribution < 1.29 is 9.53 Å². The molecule has 0 radical (unpaired) electrons. The van der Waals surface area contributed by atoms with Crippen LogP contribution in [0.2, 0.25) is 0 Å². The zero-order chi connectivity index (χ0) is 10.4. The quantitative estimate of drug-likeness (QED) is 0.584. The lowest BCUT2D eigenvalue weighted by Crippen LogP contribution is -1.90. The van der Waals surface area contributed by atoms with Crippen LogP contribution in [-0.4, -0.2) is 13.4 Å². The van der Waals surface area contributed by atoms with Crippen LogP contribution in [0.25, 0.3) is 6.08 Å². The van der Waals surface area contributed by atoms with Crippen LogP contribution in [0, 0.1) is 0 Å². The van der Waals surface area contributed by atoms with Crippen molar-refractivity contribution in [1.29, 1.82) is 0 Å². The SMILES string of the molecule is COc1cc(N)ccc1C=CCC=O. The summed E-state index contributed by atoms with van der Waals surface area (Å²) in [4.78, 5) is 10.1. The van der Waals surface area contributed by atoms with Gasteiger partial charge in [-0.3, -0.25) is 0 Å². The van der Waals surface area contributed by atoms with Gasteiger partial charge in [-0.25, -0.2) is 0 Å². The lowest BCUT2D eigenvalue weighted by atomic mass is 10.1. The third kappa shape index (κ3) is 2.62. The Morgan fingerprint density at radius 3 is 2.93 bits per heavy atom. The van der Waals surface area contributed by atoms with Crippen molar-refractivity contribution in [1.82, 2.24) is 0 Å². The number of carbonyl (C=O) groups excluding carboxylic acids is 1. The van der Waals surface area contributed by atoms with E-state index in [1.165, 1.54) is 0 Å². The van der Waals surface area contributed by atoms with Gasteiger partial charge < -0.3 is 15.3 Å². The van der Waals surface area contributed by atoms with E-state index < -0.39 is 0 Å². The van der Waals surface area contributed by atoms with Gasteiger partial charge in [0.25, 0.3) is 0 Å². The smallest absolute Gasteiger partial charge is 0.128 e. The summed E-state index contributed by atoms with van der Waals surface area (Å²) in [6, 6.07) is 5.40. The molecule has 14 heavy (non-hydrogen) atoms. The fraction of sp³-hybridized carbons (Fsp3) is 0.182. The molecule has 0 aliphatic carbocycles. The second-order valence-electron chi connectivity index (χ2n) is 2.81. The predicted octanol–water partition coefficient (Wildman–Crippen LogP) is 1.88. The number of methoxy groups -OCH3 is 1. The first kappa shape index (κ1) is 10.3. The van der Waals surface area contributed by atoms with Gasteiger partial charge in [0.2, 0.25) is 0 Å². The van der Waals surface area contributed by atoms with Crippen LogP contribution in [0.5, 0.6) is 5.75 Å². The van der Waals surface area contributed by atoms with Crippen LogP contribution in [0.15, 0.2) is 24.3 Å². The van der Waals surface area contributed by atoms with Gasteiger partial charge in [-0.2, -0.15) is 0 Å². The monoisotopic (exact) mass is 191 g/mol. The number of anilines is 1. The molecule has 3 heteroatoms. The maximum Gasteiger partial charge on any atom is 0.128 e. The number of allylic oxidation sites excluding steroid dienone is 1. The number of aldehydes is 1. The van der Waals surface area contributed by atoms with Crippen molar-refractivity contribution in [3.05, 3.63) is 29.8 Å². The maximum absolute atomic E-state index is 10.1. The van der Waals surface area contributed by atoms with E-state index in [4.69, 9.17) is 10.5 Å². The first-order valence-electron chi connectivity index (χ1n) is 4.31. The van der Waals surface area contributed by atoms with Gasteiger partial charge in [0.15, 0.2) is 0 Å². The summed E-state index contributed by atoms with van der Waals surface area (Å²) in [5.41, 5.74) is 7.18. The molecular weight excluding hydrogens is 178 g/mol. The van der Waals surface area contributed by atoms with E-state index in [-0.39, 0.29) is 0 Å². The number of nitrogens with two attached hydrogens (primary N) is 1. The molecule has 2 N–H and O–H groups in total. The van der Waals surface area contributed by atoms with E-state index in [1.54, 1.807) is 25.3 Å². The minimum atomic E-state index is 0.410. The van der Waals surface area contributed by atoms with E-state index in [0.717, 1.165) is 11.8 Å². The molecule has 0 amide bonds. The number of rotatable bonds is 4. The van der Waals surface area contributed by atoms with Crippen molar-refractivity contribution in [2.24, 2.45) is 0 Å². The second kappa shape index (κ2) is 5.07. The third-order valence-corrected chi connectivity index (χ3v) is 1.79. The molecular formula is C11H13NO2. The van der Waals surface area contributed by atoms with Crippen LogP contribution in [0.3, 0.4) is 0 Å². The van der Waals surface area contributed by atoms with Crippen molar-refractivity contribution in [3.8, 4) is 5.75 Å². The molecule has 1 aromatic carbocycles. The number of benzene rings is 1. The van der Waals surface area contributed by atoms with Crippen molar-refractivity contribution in [2.45, 2.75) is 6.42 Å². The Morgan fingerprint density at radius 2 is 2.29 bits per heavy atom. The Hall–Kier alpha value is -1.77. The zero-order valence-electron chi connectivity index (χ0n) is 8.07. The van der Waals surface area contributed by atoms with E-state index in [0.29, 0.717) is 17.9 Å². The van der Waals surface area contributed by atoms with E-state index in [1.807, 2.05) is 12.1 Å². The minimum absolute atomic E-state index is 0.410. The molecule has 0 fully saturated rings. The Balaban J connectivity index is 2.90. The molecule has 0 saturated heterocycles. The lowest BCUT2D eigenvalue weighted by Gasteiger charge is -2.05. The number of hydrogen-bond acceptors (Lipinski definition) is 3. The zero-order valence-corrected chi connectivity index (χ0v) is 8.07. The van der Waals surface area contributed by atoms with Crippen molar-refractivity contribution in [3.63, 3.8) is 0 Å². The number of ether oxygens (including phenoxy) is 1. The molecule has 0 aliphatic rings. The first-order valence-corrected chi connectivity index (χ1v) is 4.31. The molecule has 0 heterocycles. The summed E-state index contributed by atoms with van der Waals surface area (Å²) in [6.07, 6.45) is 4.88. The highest BCUT2D eigenvalue weighted by Gasteiger charge is 1.98. The maximum atomic E-state index is 10.1. The third-order valence-electron chi connectivity index (χ3n) is 1.79. The molecule has 0 atom stereocenters. The topological polar surface area (TPSA) is 52.3 Å². The second-order valence-corrected chi connectivity index (χ2v) is 2.81. The fourth-order valence-electron chi connectivity index (χ4n) is 1.12.